The SMILES string of the molecule is Nc1cccc2c1N(CC1Cc3ccccc3O1)CCC2. The summed E-state index contributed by atoms with van der Waals surface area (Å²) >= 11 is 0. The Labute approximate surface area is 125 Å². The van der Waals surface area contributed by atoms with Crippen molar-refractivity contribution in [1.82, 2.24) is 0 Å². The van der Waals surface area contributed by atoms with E-state index in [1.807, 2.05) is 12.1 Å². The van der Waals surface area contributed by atoms with Crippen molar-refractivity contribution in [3.63, 3.8) is 0 Å². The van der Waals surface area contributed by atoms with Crippen LogP contribution in [-0.2, 0) is 12.8 Å². The fourth-order valence-electron chi connectivity index (χ4n) is 3.55. The number of nitrogens with zero attached hydrogens (tertiary/aromatic N) is 1. The van der Waals surface area contributed by atoms with Crippen molar-refractivity contribution in [1.29, 1.82) is 0 Å². The van der Waals surface area contributed by atoms with Crippen molar-refractivity contribution in [3.8, 4) is 5.75 Å². The van der Waals surface area contributed by atoms with Crippen molar-refractivity contribution in [2.45, 2.75) is 25.4 Å². The highest BCUT2D eigenvalue weighted by molar-refractivity contribution is 5.72. The van der Waals surface area contributed by atoms with E-state index >= 15 is 0 Å². The molecule has 3 nitrogen and oxygen atoms in total. The minimum absolute atomic E-state index is 0.230. The normalized spacial score (nSPS) is 19.8. The Bertz CT molecular complexity index is 643. The molecule has 21 heavy (non-hydrogen) atoms. The van der Waals surface area contributed by atoms with Gasteiger partial charge in [-0.25, -0.2) is 0 Å². The monoisotopic (exact) mass is 280 g/mol. The molecule has 0 saturated heterocycles. The number of hydrogen-bond acceptors (Lipinski definition) is 3. The number of rotatable bonds is 2. The molecule has 1 atom stereocenters. The van der Waals surface area contributed by atoms with Crippen LogP contribution in [0.5, 0.6) is 5.75 Å². The van der Waals surface area contributed by atoms with Crippen LogP contribution in [0.2, 0.25) is 0 Å². The predicted molar refractivity (Wildman–Crippen MR) is 86.0 cm³/mol. The average molecular weight is 280 g/mol. The van der Waals surface area contributed by atoms with Crippen LogP contribution >= 0.6 is 0 Å². The molecule has 2 aliphatic rings. The standard InChI is InChI=1S/C18H20N2O/c19-16-8-3-6-13-7-4-10-20(18(13)16)12-15-11-14-5-1-2-9-17(14)21-15/h1-3,5-6,8-9,15H,4,7,10-12,19H2. The van der Waals surface area contributed by atoms with Crippen LogP contribution in [0.4, 0.5) is 11.4 Å². The third-order valence-electron chi connectivity index (χ3n) is 4.48. The molecule has 2 aromatic carbocycles. The molecule has 0 bridgehead atoms. The molecule has 108 valence electrons. The first-order chi connectivity index (χ1) is 10.3. The smallest absolute Gasteiger partial charge is 0.123 e. The van der Waals surface area contributed by atoms with E-state index in [-0.39, 0.29) is 6.10 Å². The lowest BCUT2D eigenvalue weighted by atomic mass is 9.99. The van der Waals surface area contributed by atoms with Gasteiger partial charge in [-0.15, -0.1) is 0 Å². The minimum Gasteiger partial charge on any atom is -0.488 e. The predicted octanol–water partition coefficient (Wildman–Crippen LogP) is 3.03. The topological polar surface area (TPSA) is 38.5 Å². The summed E-state index contributed by atoms with van der Waals surface area (Å²) in [6.07, 6.45) is 3.54. The molecule has 0 aromatic heterocycles. The molecule has 2 N–H and O–H groups in total. The highest BCUT2D eigenvalue weighted by Crippen LogP contribution is 2.35. The van der Waals surface area contributed by atoms with Gasteiger partial charge in [0.2, 0.25) is 0 Å². The number of fused-ring (bicyclic) bond motifs is 2. The van der Waals surface area contributed by atoms with Gasteiger partial charge in [0.05, 0.1) is 17.9 Å². The molecule has 2 aromatic rings. The lowest BCUT2D eigenvalue weighted by Crippen LogP contribution is -2.38. The van der Waals surface area contributed by atoms with E-state index in [1.165, 1.54) is 23.2 Å². The largest absolute Gasteiger partial charge is 0.488 e. The zero-order valence-electron chi connectivity index (χ0n) is 12.1. The molecule has 4 rings (SSSR count). The molecule has 0 radical (unpaired) electrons. The fraction of sp³-hybridized carbons (Fsp3) is 0.333. The van der Waals surface area contributed by atoms with E-state index in [2.05, 4.69) is 35.2 Å². The second-order valence-corrected chi connectivity index (χ2v) is 5.96. The van der Waals surface area contributed by atoms with E-state index in [4.69, 9.17) is 10.5 Å². The van der Waals surface area contributed by atoms with Gasteiger partial charge in [-0.1, -0.05) is 30.3 Å². The molecule has 2 aliphatic heterocycles. The maximum Gasteiger partial charge on any atom is 0.123 e. The Hall–Kier alpha value is -2.16. The van der Waals surface area contributed by atoms with E-state index in [1.54, 1.807) is 0 Å². The molecular formula is C18H20N2O. The number of ether oxygens (including phenoxy) is 1. The van der Waals surface area contributed by atoms with Gasteiger partial charge in [-0.05, 0) is 36.1 Å². The Morgan fingerprint density at radius 1 is 1.10 bits per heavy atom. The van der Waals surface area contributed by atoms with Crippen LogP contribution < -0.4 is 15.4 Å². The third kappa shape index (κ3) is 2.23. The molecule has 0 amide bonds. The second-order valence-electron chi connectivity index (χ2n) is 5.96. The summed E-state index contributed by atoms with van der Waals surface area (Å²) in [4.78, 5) is 2.41. The summed E-state index contributed by atoms with van der Waals surface area (Å²) in [5.41, 5.74) is 11.0. The summed E-state index contributed by atoms with van der Waals surface area (Å²) in [5.74, 6) is 1.04. The first kappa shape index (κ1) is 12.6. The summed E-state index contributed by atoms with van der Waals surface area (Å²) in [7, 11) is 0. The van der Waals surface area contributed by atoms with Crippen molar-refractivity contribution in [2.24, 2.45) is 0 Å². The fourth-order valence-corrected chi connectivity index (χ4v) is 3.55. The lowest BCUT2D eigenvalue weighted by molar-refractivity contribution is 0.236. The quantitative estimate of drug-likeness (QED) is 0.859. The van der Waals surface area contributed by atoms with Gasteiger partial charge in [-0.3, -0.25) is 0 Å². The summed E-state index contributed by atoms with van der Waals surface area (Å²) in [5, 5.41) is 0. The molecule has 0 fully saturated rings. The van der Waals surface area contributed by atoms with E-state index in [9.17, 15) is 0 Å². The number of aryl methyl sites for hydroxylation is 1. The first-order valence-corrected chi connectivity index (χ1v) is 7.68. The molecule has 1 unspecified atom stereocenters. The zero-order valence-corrected chi connectivity index (χ0v) is 12.1. The summed E-state index contributed by atoms with van der Waals surface area (Å²) < 4.78 is 6.08. The number of nitrogen functional groups attached to an aromatic ring is 1. The number of anilines is 2. The number of hydrogen-bond donors (Lipinski definition) is 1. The van der Waals surface area contributed by atoms with Crippen LogP contribution in [0.25, 0.3) is 0 Å². The number of para-hydroxylation sites is 2. The van der Waals surface area contributed by atoms with Gasteiger partial charge < -0.3 is 15.4 Å². The average Bonchev–Trinajstić information content (AvgIpc) is 2.90. The van der Waals surface area contributed by atoms with E-state index < -0.39 is 0 Å². The molecule has 0 saturated carbocycles. The van der Waals surface area contributed by atoms with E-state index in [0.717, 1.165) is 37.4 Å². The lowest BCUT2D eigenvalue weighted by Gasteiger charge is -2.34. The Kier molecular flexibility index (Phi) is 2.99. The van der Waals surface area contributed by atoms with Gasteiger partial charge in [0.25, 0.3) is 0 Å². The van der Waals surface area contributed by atoms with Crippen molar-refractivity contribution < 1.29 is 4.74 Å². The molecule has 0 aliphatic carbocycles. The zero-order chi connectivity index (χ0) is 14.2. The minimum atomic E-state index is 0.230. The van der Waals surface area contributed by atoms with Crippen LogP contribution in [0, 0.1) is 0 Å². The number of benzene rings is 2. The molecule has 0 spiro atoms. The van der Waals surface area contributed by atoms with E-state index in [0.29, 0.717) is 0 Å². The highest BCUT2D eigenvalue weighted by Gasteiger charge is 2.27. The van der Waals surface area contributed by atoms with Crippen LogP contribution in [0.15, 0.2) is 42.5 Å². The molecule has 3 heteroatoms. The highest BCUT2D eigenvalue weighted by atomic mass is 16.5. The summed E-state index contributed by atoms with van der Waals surface area (Å²) in [6, 6.07) is 14.6. The second kappa shape index (κ2) is 4.99. The van der Waals surface area contributed by atoms with Crippen molar-refractivity contribution in [2.75, 3.05) is 23.7 Å². The van der Waals surface area contributed by atoms with Crippen molar-refractivity contribution >= 4 is 11.4 Å². The molecule has 2 heterocycles. The van der Waals surface area contributed by atoms with Gasteiger partial charge in [0.15, 0.2) is 0 Å². The van der Waals surface area contributed by atoms with Crippen LogP contribution in [0.3, 0.4) is 0 Å². The maximum atomic E-state index is 6.21. The Morgan fingerprint density at radius 2 is 1.95 bits per heavy atom. The molecular weight excluding hydrogens is 260 g/mol. The van der Waals surface area contributed by atoms with Gasteiger partial charge in [0, 0.05) is 13.0 Å². The van der Waals surface area contributed by atoms with Gasteiger partial charge in [-0.2, -0.15) is 0 Å². The Morgan fingerprint density at radius 3 is 2.86 bits per heavy atom. The van der Waals surface area contributed by atoms with Gasteiger partial charge in [0.1, 0.15) is 11.9 Å². The number of nitrogens with two attached hydrogens (primary N) is 1. The summed E-state index contributed by atoms with van der Waals surface area (Å²) in [6.45, 7) is 1.98. The first-order valence-electron chi connectivity index (χ1n) is 7.68. The van der Waals surface area contributed by atoms with Crippen LogP contribution in [-0.4, -0.2) is 19.2 Å². The van der Waals surface area contributed by atoms with Crippen molar-refractivity contribution in [3.05, 3.63) is 53.6 Å². The maximum absolute atomic E-state index is 6.21. The third-order valence-corrected chi connectivity index (χ3v) is 4.48. The van der Waals surface area contributed by atoms with Gasteiger partial charge >= 0.3 is 0 Å². The Balaban J connectivity index is 1.55. The van der Waals surface area contributed by atoms with Crippen LogP contribution in [0.1, 0.15) is 17.5 Å².